The Balaban J connectivity index is 4.52. The summed E-state index contributed by atoms with van der Waals surface area (Å²) in [6.45, 7) is 4.62. The van der Waals surface area contributed by atoms with Crippen LogP contribution in [0.3, 0.4) is 0 Å². The molecule has 358 valence electrons. The van der Waals surface area contributed by atoms with Gasteiger partial charge in [-0.3, -0.25) is 9.59 Å². The van der Waals surface area contributed by atoms with Gasteiger partial charge in [0.1, 0.15) is 13.2 Å². The highest BCUT2D eigenvalue weighted by molar-refractivity contribution is 5.71. The molecule has 9 nitrogen and oxygen atoms in total. The van der Waals surface area contributed by atoms with Crippen LogP contribution in [-0.4, -0.2) is 87.4 Å². The molecule has 63 heavy (non-hydrogen) atoms. The summed E-state index contributed by atoms with van der Waals surface area (Å²) in [4.78, 5) is 37.2. The maximum atomic E-state index is 12.8. The van der Waals surface area contributed by atoms with Crippen LogP contribution in [-0.2, 0) is 33.3 Å². The van der Waals surface area contributed by atoms with Crippen LogP contribution in [0, 0.1) is 0 Å². The Hall–Kier alpha value is -3.79. The number of hydrogen-bond acceptors (Lipinski definition) is 7. The molecule has 0 aliphatic carbocycles. The Kier molecular flexibility index (Phi) is 42.1. The maximum absolute atomic E-state index is 12.8. The molecule has 0 aromatic heterocycles. The number of nitrogens with zero attached hydrogens (tertiary/aromatic N) is 1. The van der Waals surface area contributed by atoms with Crippen LogP contribution in [0.1, 0.15) is 168 Å². The molecule has 0 aliphatic rings. The highest BCUT2D eigenvalue weighted by Gasteiger charge is 2.25. The minimum Gasteiger partial charge on any atom is -0.477 e. The quantitative estimate of drug-likeness (QED) is 0.0212. The second kappa shape index (κ2) is 44.8. The average molecular weight is 881 g/mol. The summed E-state index contributed by atoms with van der Waals surface area (Å²) in [5.41, 5.74) is 0. The van der Waals surface area contributed by atoms with Gasteiger partial charge in [-0.1, -0.05) is 169 Å². The zero-order valence-corrected chi connectivity index (χ0v) is 40.4. The van der Waals surface area contributed by atoms with Gasteiger partial charge in [0.05, 0.1) is 34.4 Å². The summed E-state index contributed by atoms with van der Waals surface area (Å²) >= 11 is 0. The average Bonchev–Trinajstić information content (AvgIpc) is 3.24. The van der Waals surface area contributed by atoms with Crippen LogP contribution in [0.25, 0.3) is 0 Å². The van der Waals surface area contributed by atoms with Gasteiger partial charge >= 0.3 is 17.9 Å². The van der Waals surface area contributed by atoms with E-state index >= 15 is 0 Å². The monoisotopic (exact) mass is 881 g/mol. The number of quaternary nitrogens is 1. The molecule has 0 aromatic rings. The molecule has 0 amide bonds. The van der Waals surface area contributed by atoms with Crippen molar-refractivity contribution in [3.63, 3.8) is 0 Å². The lowest BCUT2D eigenvalue weighted by molar-refractivity contribution is -0.870. The normalized spacial score (nSPS) is 13.7. The number of allylic oxidation sites excluding steroid dienone is 16. The van der Waals surface area contributed by atoms with E-state index in [2.05, 4.69) is 98.9 Å². The Bertz CT molecular complexity index is 1350. The van der Waals surface area contributed by atoms with Crippen molar-refractivity contribution >= 4 is 17.9 Å². The molecule has 2 unspecified atom stereocenters. The smallest absolute Gasteiger partial charge is 0.361 e. The van der Waals surface area contributed by atoms with Crippen LogP contribution in [0.15, 0.2) is 97.2 Å². The summed E-state index contributed by atoms with van der Waals surface area (Å²) in [5, 5.41) is 9.65. The lowest BCUT2D eigenvalue weighted by Crippen LogP contribution is -2.40. The van der Waals surface area contributed by atoms with Crippen molar-refractivity contribution in [2.75, 3.05) is 47.5 Å². The molecule has 0 aliphatic heterocycles. The first-order chi connectivity index (χ1) is 30.6. The molecular weight excluding hydrogens is 791 g/mol. The third-order valence-electron chi connectivity index (χ3n) is 9.84. The second-order valence-corrected chi connectivity index (χ2v) is 17.0. The van der Waals surface area contributed by atoms with Crippen LogP contribution in [0.2, 0.25) is 0 Å². The minimum atomic E-state index is -1.54. The van der Waals surface area contributed by atoms with Crippen molar-refractivity contribution in [3.8, 4) is 0 Å². The van der Waals surface area contributed by atoms with Gasteiger partial charge in [-0.15, -0.1) is 0 Å². The number of aliphatic carboxylic acids is 1. The van der Waals surface area contributed by atoms with Gasteiger partial charge in [0, 0.05) is 12.8 Å². The van der Waals surface area contributed by atoms with Gasteiger partial charge < -0.3 is 28.5 Å². The molecule has 0 aromatic carbocycles. The Morgan fingerprint density at radius 2 is 0.937 bits per heavy atom. The molecule has 0 bridgehead atoms. The fourth-order valence-corrected chi connectivity index (χ4v) is 6.07. The lowest BCUT2D eigenvalue weighted by atomic mass is 10.1. The fraction of sp³-hybridized carbons (Fsp3) is 0.648. The van der Waals surface area contributed by atoms with E-state index in [1.807, 2.05) is 33.3 Å². The van der Waals surface area contributed by atoms with Gasteiger partial charge in [-0.2, -0.15) is 0 Å². The van der Waals surface area contributed by atoms with Crippen molar-refractivity contribution in [3.05, 3.63) is 97.2 Å². The summed E-state index contributed by atoms with van der Waals surface area (Å²) in [5.74, 6) is -2.14. The lowest BCUT2D eigenvalue weighted by Gasteiger charge is -2.25. The zero-order valence-electron chi connectivity index (χ0n) is 40.4. The Labute approximate surface area is 384 Å². The van der Waals surface area contributed by atoms with Crippen molar-refractivity contribution in [1.29, 1.82) is 0 Å². The van der Waals surface area contributed by atoms with E-state index in [4.69, 9.17) is 18.9 Å². The molecule has 0 saturated heterocycles. The highest BCUT2D eigenvalue weighted by Crippen LogP contribution is 2.13. The Morgan fingerprint density at radius 1 is 0.492 bits per heavy atom. The predicted molar refractivity (Wildman–Crippen MR) is 262 cm³/mol. The fourth-order valence-electron chi connectivity index (χ4n) is 6.07. The molecule has 2 atom stereocenters. The topological polar surface area (TPSA) is 108 Å². The van der Waals surface area contributed by atoms with Crippen molar-refractivity contribution in [2.24, 2.45) is 0 Å². The zero-order chi connectivity index (χ0) is 46.3. The van der Waals surface area contributed by atoms with E-state index in [9.17, 15) is 19.5 Å². The third-order valence-corrected chi connectivity index (χ3v) is 9.84. The first-order valence-corrected chi connectivity index (χ1v) is 24.4. The number of ether oxygens (including phenoxy) is 4. The van der Waals surface area contributed by atoms with Crippen LogP contribution < -0.4 is 0 Å². The standard InChI is InChI=1S/C54H89NO8/c1-6-8-10-12-14-16-18-20-22-24-26-28-30-32-34-36-38-40-42-44-51(56)61-48-50(49-62-54(53(58)59)60-47-46-55(3,4)5)63-52(57)45-43-41-39-37-35-33-31-29-27-25-23-21-19-17-15-13-11-9-7-2/h9,11,14-17,20-23,27,29,33,35,39,41,50,54H,6-8,10,12-13,18-19,24-26,28,30-32,34,36-38,40,42-49H2,1-5H3/p+1/b11-9-,16-14-,17-15-,22-20-,23-21-,29-27-,35-33-,41-39-. The molecule has 0 radical (unpaired) electrons. The number of carbonyl (C=O) groups excluding carboxylic acids is 2. The highest BCUT2D eigenvalue weighted by atomic mass is 16.7. The molecule has 0 fully saturated rings. The van der Waals surface area contributed by atoms with Crippen LogP contribution in [0.4, 0.5) is 0 Å². The number of hydrogen-bond donors (Lipinski definition) is 1. The van der Waals surface area contributed by atoms with Gasteiger partial charge in [-0.25, -0.2) is 4.79 Å². The van der Waals surface area contributed by atoms with E-state index in [-0.39, 0.29) is 38.6 Å². The predicted octanol–water partition coefficient (Wildman–Crippen LogP) is 13.4. The van der Waals surface area contributed by atoms with E-state index in [1.54, 1.807) is 0 Å². The van der Waals surface area contributed by atoms with E-state index < -0.39 is 24.3 Å². The van der Waals surface area contributed by atoms with Crippen LogP contribution in [0.5, 0.6) is 0 Å². The third kappa shape index (κ3) is 46.0. The molecule has 0 heterocycles. The first-order valence-electron chi connectivity index (χ1n) is 24.4. The molecular formula is C54H90NO8+. The van der Waals surface area contributed by atoms with Crippen LogP contribution >= 0.6 is 0 Å². The van der Waals surface area contributed by atoms with E-state index in [0.717, 1.165) is 77.0 Å². The van der Waals surface area contributed by atoms with Gasteiger partial charge in [0.25, 0.3) is 6.29 Å². The number of carbonyl (C=O) groups is 3. The number of unbranched alkanes of at least 4 members (excludes halogenated alkanes) is 12. The molecule has 1 N–H and O–H groups in total. The van der Waals surface area contributed by atoms with E-state index in [0.29, 0.717) is 17.4 Å². The van der Waals surface area contributed by atoms with E-state index in [1.165, 1.54) is 57.8 Å². The van der Waals surface area contributed by atoms with Crippen molar-refractivity contribution < 1.29 is 42.9 Å². The van der Waals surface area contributed by atoms with Gasteiger partial charge in [0.15, 0.2) is 6.10 Å². The largest absolute Gasteiger partial charge is 0.477 e. The van der Waals surface area contributed by atoms with Gasteiger partial charge in [0.2, 0.25) is 0 Å². The molecule has 0 saturated carbocycles. The van der Waals surface area contributed by atoms with Crippen molar-refractivity contribution in [2.45, 2.75) is 180 Å². The van der Waals surface area contributed by atoms with Gasteiger partial charge in [-0.05, 0) is 83.5 Å². The SMILES string of the molecule is CC/C=C\C/C=C\C/C=C\C/C=C\C/C=C\C/C=C\CCC(=O)OC(COC(=O)CCCCCCCCCCC/C=C\C/C=C\CCCCC)COC(OCC[N+](C)(C)C)C(=O)O. The first kappa shape index (κ1) is 59.2. The number of likely N-dealkylation sites (N-methyl/N-ethyl adjacent to an activating group) is 1. The number of esters is 2. The molecule has 9 heteroatoms. The maximum Gasteiger partial charge on any atom is 0.361 e. The minimum absolute atomic E-state index is 0.129. The second-order valence-electron chi connectivity index (χ2n) is 17.0. The number of carboxylic acids is 1. The van der Waals surface area contributed by atoms with Crippen molar-refractivity contribution in [1.82, 2.24) is 0 Å². The summed E-state index contributed by atoms with van der Waals surface area (Å²) in [6, 6.07) is 0. The number of carboxylic acid groups (broad SMARTS) is 1. The molecule has 0 rings (SSSR count). The Morgan fingerprint density at radius 3 is 1.41 bits per heavy atom. The molecule has 0 spiro atoms. The summed E-state index contributed by atoms with van der Waals surface area (Å²) < 4.78 is 22.7. The summed E-state index contributed by atoms with van der Waals surface area (Å²) in [7, 11) is 5.92. The summed E-state index contributed by atoms with van der Waals surface area (Å²) in [6.07, 6.45) is 56.2. The number of rotatable bonds is 43.